The van der Waals surface area contributed by atoms with Gasteiger partial charge in [-0.25, -0.2) is 5.43 Å². The monoisotopic (exact) mass is 359 g/mol. The first-order valence-electron chi connectivity index (χ1n) is 8.29. The lowest BCUT2D eigenvalue weighted by atomic mass is 10.1. The molecule has 2 N–H and O–H groups in total. The zero-order valence-corrected chi connectivity index (χ0v) is 14.4. The number of nitriles is 1. The Labute approximate surface area is 156 Å². The average Bonchev–Trinajstić information content (AvgIpc) is 3.10. The second kappa shape index (κ2) is 8.45. The van der Waals surface area contributed by atoms with Crippen molar-refractivity contribution in [1.29, 1.82) is 5.26 Å². The number of carbonyl (C=O) groups excluding carboxylic acids is 1. The first-order valence-corrected chi connectivity index (χ1v) is 8.29. The molecule has 3 aromatic rings. The van der Waals surface area contributed by atoms with E-state index in [1.165, 1.54) is 30.5 Å². The fraction of sp³-hybridized carbons (Fsp3) is 0.100. The van der Waals surface area contributed by atoms with Crippen LogP contribution in [0.15, 0.2) is 65.9 Å². The number of hydrazone groups is 1. The Hall–Kier alpha value is -3.92. The second-order valence-electron chi connectivity index (χ2n) is 5.72. The van der Waals surface area contributed by atoms with Crippen LogP contribution >= 0.6 is 0 Å². The van der Waals surface area contributed by atoms with Crippen molar-refractivity contribution in [2.45, 2.75) is 13.0 Å². The summed E-state index contributed by atoms with van der Waals surface area (Å²) in [7, 11) is 0. The maximum atomic E-state index is 12.1. The van der Waals surface area contributed by atoms with Gasteiger partial charge < -0.3 is 5.11 Å². The van der Waals surface area contributed by atoms with Gasteiger partial charge in [-0.2, -0.15) is 15.5 Å². The van der Waals surface area contributed by atoms with Crippen LogP contribution in [0.4, 0.5) is 0 Å². The number of amides is 1. The largest absolute Gasteiger partial charge is 0.508 e. The predicted octanol–water partition coefficient (Wildman–Crippen LogP) is 2.93. The molecule has 0 saturated carbocycles. The number of phenols is 1. The molecule has 0 aliphatic carbocycles. The lowest BCUT2D eigenvalue weighted by Crippen LogP contribution is -2.17. The zero-order chi connectivity index (χ0) is 19.1. The lowest BCUT2D eigenvalue weighted by Gasteiger charge is -2.00. The van der Waals surface area contributed by atoms with Crippen molar-refractivity contribution < 1.29 is 9.90 Å². The second-order valence-corrected chi connectivity index (χ2v) is 5.72. The van der Waals surface area contributed by atoms with Crippen LogP contribution in [0.5, 0.6) is 5.75 Å². The van der Waals surface area contributed by atoms with Crippen LogP contribution in [-0.2, 0) is 6.54 Å². The number of phenolic OH excluding ortho intramolecular Hbond substituents is 1. The molecule has 7 nitrogen and oxygen atoms in total. The van der Waals surface area contributed by atoms with Gasteiger partial charge in [0.05, 0.1) is 25.2 Å². The van der Waals surface area contributed by atoms with E-state index < -0.39 is 0 Å². The van der Waals surface area contributed by atoms with Crippen LogP contribution in [0.1, 0.15) is 22.3 Å². The minimum Gasteiger partial charge on any atom is -0.508 e. The summed E-state index contributed by atoms with van der Waals surface area (Å²) < 4.78 is 1.69. The number of hydrogen-bond acceptors (Lipinski definition) is 5. The molecule has 0 radical (unpaired) electrons. The third-order valence-corrected chi connectivity index (χ3v) is 3.79. The van der Waals surface area contributed by atoms with Crippen molar-refractivity contribution in [3.05, 3.63) is 71.9 Å². The van der Waals surface area contributed by atoms with Crippen molar-refractivity contribution >= 4 is 12.1 Å². The van der Waals surface area contributed by atoms with Gasteiger partial charge in [0.2, 0.25) is 0 Å². The van der Waals surface area contributed by atoms with Gasteiger partial charge in [-0.1, -0.05) is 30.3 Å². The summed E-state index contributed by atoms with van der Waals surface area (Å²) in [6.07, 6.45) is 3.66. The minimum absolute atomic E-state index is 0.0901. The number of hydrogen-bond donors (Lipinski definition) is 2. The van der Waals surface area contributed by atoms with Crippen LogP contribution in [0.2, 0.25) is 0 Å². The van der Waals surface area contributed by atoms with Gasteiger partial charge in [0, 0.05) is 22.9 Å². The molecular formula is C20H17N5O2. The smallest absolute Gasteiger partial charge is 0.271 e. The molecule has 0 bridgehead atoms. The van der Waals surface area contributed by atoms with E-state index in [9.17, 15) is 9.90 Å². The molecule has 0 spiro atoms. The van der Waals surface area contributed by atoms with Gasteiger partial charge in [-0.3, -0.25) is 9.48 Å². The molecule has 1 aromatic heterocycles. The van der Waals surface area contributed by atoms with Crippen LogP contribution in [-0.4, -0.2) is 27.0 Å². The van der Waals surface area contributed by atoms with Crippen molar-refractivity contribution in [3.63, 3.8) is 0 Å². The van der Waals surface area contributed by atoms with Gasteiger partial charge in [-0.15, -0.1) is 0 Å². The number of carbonyl (C=O) groups is 1. The summed E-state index contributed by atoms with van der Waals surface area (Å²) in [6.45, 7) is 0.476. The van der Waals surface area contributed by atoms with E-state index >= 15 is 0 Å². The van der Waals surface area contributed by atoms with Crippen LogP contribution in [0.3, 0.4) is 0 Å². The molecule has 2 aromatic carbocycles. The third kappa shape index (κ3) is 4.58. The Morgan fingerprint density at radius 1 is 1.22 bits per heavy atom. The molecular weight excluding hydrogens is 342 g/mol. The van der Waals surface area contributed by atoms with Crippen molar-refractivity contribution in [3.8, 4) is 23.1 Å². The number of benzene rings is 2. The van der Waals surface area contributed by atoms with Gasteiger partial charge >= 0.3 is 0 Å². The quantitative estimate of drug-likeness (QED) is 0.521. The molecule has 0 aliphatic rings. The Bertz CT molecular complexity index is 985. The normalized spacial score (nSPS) is 10.6. The molecule has 0 unspecified atom stereocenters. The first kappa shape index (κ1) is 17.9. The van der Waals surface area contributed by atoms with Crippen molar-refractivity contribution in [2.75, 3.05) is 0 Å². The topological polar surface area (TPSA) is 103 Å². The number of nitrogens with zero attached hydrogens (tertiary/aromatic N) is 4. The maximum Gasteiger partial charge on any atom is 0.271 e. The molecule has 3 rings (SSSR count). The van der Waals surface area contributed by atoms with Crippen LogP contribution in [0.25, 0.3) is 11.3 Å². The summed E-state index contributed by atoms with van der Waals surface area (Å²) in [5.41, 5.74) is 5.21. The lowest BCUT2D eigenvalue weighted by molar-refractivity contribution is 0.0955. The molecule has 0 atom stereocenters. The Morgan fingerprint density at radius 2 is 1.96 bits per heavy atom. The fourth-order valence-electron chi connectivity index (χ4n) is 2.47. The zero-order valence-electron chi connectivity index (χ0n) is 14.4. The van der Waals surface area contributed by atoms with Crippen LogP contribution in [0, 0.1) is 11.3 Å². The Kier molecular flexibility index (Phi) is 5.60. The minimum atomic E-state index is -0.385. The van der Waals surface area contributed by atoms with Crippen LogP contribution < -0.4 is 5.43 Å². The van der Waals surface area contributed by atoms with E-state index in [0.717, 1.165) is 16.8 Å². The summed E-state index contributed by atoms with van der Waals surface area (Å²) in [6, 6.07) is 17.6. The molecule has 7 heteroatoms. The Balaban J connectivity index is 1.79. The van der Waals surface area contributed by atoms with Gasteiger partial charge in [0.1, 0.15) is 11.4 Å². The molecule has 27 heavy (non-hydrogen) atoms. The molecule has 0 fully saturated rings. The molecule has 1 amide bonds. The highest BCUT2D eigenvalue weighted by Crippen LogP contribution is 2.20. The summed E-state index contributed by atoms with van der Waals surface area (Å²) >= 11 is 0. The predicted molar refractivity (Wildman–Crippen MR) is 101 cm³/mol. The summed E-state index contributed by atoms with van der Waals surface area (Å²) in [5, 5.41) is 26.6. The van der Waals surface area contributed by atoms with Crippen molar-refractivity contribution in [2.24, 2.45) is 5.10 Å². The molecule has 0 aliphatic heterocycles. The first-order chi connectivity index (χ1) is 13.2. The van der Waals surface area contributed by atoms with E-state index in [0.29, 0.717) is 18.5 Å². The van der Waals surface area contributed by atoms with Gasteiger partial charge in [-0.05, 0) is 24.3 Å². The van der Waals surface area contributed by atoms with Gasteiger partial charge in [0.25, 0.3) is 5.91 Å². The third-order valence-electron chi connectivity index (χ3n) is 3.79. The average molecular weight is 359 g/mol. The molecule has 134 valence electrons. The SMILES string of the molecule is N#CCCn1cc(/C=N\NC(=O)c2ccc(O)cc2)c(-c2ccccc2)n1. The van der Waals surface area contributed by atoms with E-state index in [4.69, 9.17) is 5.26 Å². The maximum absolute atomic E-state index is 12.1. The van der Waals surface area contributed by atoms with E-state index in [-0.39, 0.29) is 11.7 Å². The standard InChI is InChI=1S/C20H17N5O2/c21-11-4-12-25-14-17(19(24-25)15-5-2-1-3-6-15)13-22-23-20(27)16-7-9-18(26)10-8-16/h1-3,5-10,13-14,26H,4,12H2,(H,23,27)/b22-13-. The number of aromatic hydroxyl groups is 1. The molecule has 1 heterocycles. The number of aromatic nitrogens is 2. The molecule has 0 saturated heterocycles. The Morgan fingerprint density at radius 3 is 2.67 bits per heavy atom. The number of nitrogens with one attached hydrogen (secondary N) is 1. The summed E-state index contributed by atoms with van der Waals surface area (Å²) in [5.74, 6) is -0.295. The van der Waals surface area contributed by atoms with E-state index in [2.05, 4.69) is 21.7 Å². The number of rotatable bonds is 6. The van der Waals surface area contributed by atoms with E-state index in [1.54, 1.807) is 10.9 Å². The highest BCUT2D eigenvalue weighted by molar-refractivity contribution is 5.95. The van der Waals surface area contributed by atoms with Gasteiger partial charge in [0.15, 0.2) is 0 Å². The fourth-order valence-corrected chi connectivity index (χ4v) is 2.47. The highest BCUT2D eigenvalue weighted by Gasteiger charge is 2.10. The number of aryl methyl sites for hydroxylation is 1. The highest BCUT2D eigenvalue weighted by atomic mass is 16.3. The van der Waals surface area contributed by atoms with Crippen molar-refractivity contribution in [1.82, 2.24) is 15.2 Å². The van der Waals surface area contributed by atoms with E-state index in [1.807, 2.05) is 30.3 Å². The summed E-state index contributed by atoms with van der Waals surface area (Å²) in [4.78, 5) is 12.1.